The fraction of sp³-hybridized carbons (Fsp3) is 0.571. The minimum Gasteiger partial charge on any atom is -0.480 e. The molecule has 1 fully saturated rings. The van der Waals surface area contributed by atoms with E-state index in [0.717, 1.165) is 4.31 Å². The van der Waals surface area contributed by atoms with E-state index in [9.17, 15) is 18.3 Å². The second-order valence-electron chi connectivity index (χ2n) is 5.46. The van der Waals surface area contributed by atoms with Crippen molar-refractivity contribution in [1.82, 2.24) is 9.29 Å². The number of hydrogen-bond acceptors (Lipinski definition) is 5. The van der Waals surface area contributed by atoms with Crippen LogP contribution in [0.4, 0.5) is 0 Å². The number of piperidine rings is 1. The lowest BCUT2D eigenvalue weighted by Crippen LogP contribution is -2.47. The summed E-state index contributed by atoms with van der Waals surface area (Å²) in [6.45, 7) is 3.90. The van der Waals surface area contributed by atoms with E-state index in [2.05, 4.69) is 4.98 Å². The van der Waals surface area contributed by atoms with Gasteiger partial charge in [0, 0.05) is 12.6 Å². The fourth-order valence-corrected chi connectivity index (χ4v) is 4.00. The smallest absolute Gasteiger partial charge is 0.322 e. The minimum absolute atomic E-state index is 0.0169. The van der Waals surface area contributed by atoms with Crippen LogP contribution >= 0.6 is 0 Å². The van der Waals surface area contributed by atoms with Gasteiger partial charge in [-0.15, -0.1) is 0 Å². The Morgan fingerprint density at radius 3 is 2.68 bits per heavy atom. The van der Waals surface area contributed by atoms with Gasteiger partial charge in [0.15, 0.2) is 0 Å². The van der Waals surface area contributed by atoms with Gasteiger partial charge in [-0.3, -0.25) is 4.79 Å². The summed E-state index contributed by atoms with van der Waals surface area (Å²) >= 11 is 0. The highest BCUT2D eigenvalue weighted by Gasteiger charge is 2.37. The maximum atomic E-state index is 12.6. The monoisotopic (exact) mass is 328 g/mol. The highest BCUT2D eigenvalue weighted by atomic mass is 32.2. The van der Waals surface area contributed by atoms with Crippen LogP contribution in [0.3, 0.4) is 0 Å². The number of pyridine rings is 1. The van der Waals surface area contributed by atoms with Gasteiger partial charge in [-0.05, 0) is 39.2 Å². The summed E-state index contributed by atoms with van der Waals surface area (Å²) in [5, 5.41) is 9.22. The molecule has 7 nitrogen and oxygen atoms in total. The van der Waals surface area contributed by atoms with Crippen molar-refractivity contribution in [2.75, 3.05) is 6.54 Å². The first-order chi connectivity index (χ1) is 10.3. The number of aromatic nitrogens is 1. The molecule has 2 rings (SSSR count). The fourth-order valence-electron chi connectivity index (χ4n) is 2.41. The first-order valence-electron chi connectivity index (χ1n) is 7.19. The van der Waals surface area contributed by atoms with Crippen LogP contribution in [0, 0.1) is 0 Å². The van der Waals surface area contributed by atoms with Crippen molar-refractivity contribution in [2.24, 2.45) is 0 Å². The van der Waals surface area contributed by atoms with Crippen molar-refractivity contribution < 1.29 is 23.1 Å². The normalized spacial score (nSPS) is 20.0. The second-order valence-corrected chi connectivity index (χ2v) is 7.35. The lowest BCUT2D eigenvalue weighted by atomic mass is 10.1. The molecule has 1 unspecified atom stereocenters. The lowest BCUT2D eigenvalue weighted by molar-refractivity contribution is -0.142. The van der Waals surface area contributed by atoms with Gasteiger partial charge in [-0.25, -0.2) is 13.4 Å². The zero-order valence-corrected chi connectivity index (χ0v) is 13.4. The molecule has 1 atom stereocenters. The van der Waals surface area contributed by atoms with E-state index in [-0.39, 0.29) is 17.5 Å². The number of ether oxygens (including phenoxy) is 1. The van der Waals surface area contributed by atoms with Gasteiger partial charge in [-0.1, -0.05) is 0 Å². The number of nitrogens with zero attached hydrogens (tertiary/aromatic N) is 2. The van der Waals surface area contributed by atoms with E-state index >= 15 is 0 Å². The number of rotatable bonds is 5. The highest BCUT2D eigenvalue weighted by molar-refractivity contribution is 7.89. The van der Waals surface area contributed by atoms with Crippen LogP contribution in [0.2, 0.25) is 0 Å². The highest BCUT2D eigenvalue weighted by Crippen LogP contribution is 2.26. The standard InChI is InChI=1S/C14H20N2O5S/c1-10(2)21-13-7-6-11(9-15-13)22(19,20)16-8-4-3-5-12(16)14(17)18/h6-7,9-10,12H,3-5,8H2,1-2H3,(H,17,18). The quantitative estimate of drug-likeness (QED) is 0.880. The molecule has 1 aliphatic rings. The molecule has 1 saturated heterocycles. The third kappa shape index (κ3) is 3.56. The van der Waals surface area contributed by atoms with E-state index in [0.29, 0.717) is 25.1 Å². The Bertz CT molecular complexity index is 627. The van der Waals surface area contributed by atoms with E-state index in [1.165, 1.54) is 18.3 Å². The number of aliphatic carboxylic acids is 1. The Morgan fingerprint density at radius 1 is 1.41 bits per heavy atom. The number of sulfonamides is 1. The zero-order chi connectivity index (χ0) is 16.3. The van der Waals surface area contributed by atoms with E-state index in [4.69, 9.17) is 4.74 Å². The van der Waals surface area contributed by atoms with Crippen LogP contribution in [0.25, 0.3) is 0 Å². The van der Waals surface area contributed by atoms with Crippen molar-refractivity contribution in [1.29, 1.82) is 0 Å². The maximum Gasteiger partial charge on any atom is 0.322 e. The molecule has 22 heavy (non-hydrogen) atoms. The Morgan fingerprint density at radius 2 is 2.14 bits per heavy atom. The summed E-state index contributed by atoms with van der Waals surface area (Å²) < 4.78 is 31.7. The van der Waals surface area contributed by atoms with Crippen molar-refractivity contribution in [3.8, 4) is 5.88 Å². The lowest BCUT2D eigenvalue weighted by Gasteiger charge is -2.31. The SMILES string of the molecule is CC(C)Oc1ccc(S(=O)(=O)N2CCCCC2C(=O)O)cn1. The molecule has 0 spiro atoms. The predicted molar refractivity (Wildman–Crippen MR) is 79.2 cm³/mol. The summed E-state index contributed by atoms with van der Waals surface area (Å²) in [6, 6.07) is 1.87. The van der Waals surface area contributed by atoms with Gasteiger partial charge in [0.1, 0.15) is 10.9 Å². The molecule has 1 aromatic rings. The average Bonchev–Trinajstić information content (AvgIpc) is 2.47. The van der Waals surface area contributed by atoms with Crippen LogP contribution in [-0.2, 0) is 14.8 Å². The zero-order valence-electron chi connectivity index (χ0n) is 12.6. The third-order valence-electron chi connectivity index (χ3n) is 3.41. The summed E-state index contributed by atoms with van der Waals surface area (Å²) in [7, 11) is -3.87. The summed E-state index contributed by atoms with van der Waals surface area (Å²) in [5.41, 5.74) is 0. The third-order valence-corrected chi connectivity index (χ3v) is 5.30. The summed E-state index contributed by atoms with van der Waals surface area (Å²) in [6.07, 6.45) is 2.85. The van der Waals surface area contributed by atoms with Crippen molar-refractivity contribution in [2.45, 2.75) is 50.2 Å². The van der Waals surface area contributed by atoms with E-state index < -0.39 is 22.0 Å². The van der Waals surface area contributed by atoms with Gasteiger partial charge in [0.2, 0.25) is 15.9 Å². The van der Waals surface area contributed by atoms with Crippen LogP contribution in [-0.4, -0.2) is 47.5 Å². The molecule has 0 amide bonds. The molecule has 0 saturated carbocycles. The van der Waals surface area contributed by atoms with E-state index in [1.807, 2.05) is 13.8 Å². The van der Waals surface area contributed by atoms with Crippen molar-refractivity contribution in [3.63, 3.8) is 0 Å². The molecule has 0 aliphatic carbocycles. The molecule has 8 heteroatoms. The largest absolute Gasteiger partial charge is 0.480 e. The summed E-state index contributed by atoms with van der Waals surface area (Å²) in [5.74, 6) is -0.779. The maximum absolute atomic E-state index is 12.6. The topological polar surface area (TPSA) is 96.8 Å². The van der Waals surface area contributed by atoms with Crippen LogP contribution in [0.15, 0.2) is 23.2 Å². The van der Waals surface area contributed by atoms with Crippen LogP contribution in [0.1, 0.15) is 33.1 Å². The number of carboxylic acid groups (broad SMARTS) is 1. The first-order valence-corrected chi connectivity index (χ1v) is 8.63. The molecule has 1 N–H and O–H groups in total. The molecule has 0 radical (unpaired) electrons. The Balaban J connectivity index is 2.27. The van der Waals surface area contributed by atoms with Gasteiger partial charge in [-0.2, -0.15) is 4.31 Å². The van der Waals surface area contributed by atoms with Gasteiger partial charge < -0.3 is 9.84 Å². The van der Waals surface area contributed by atoms with Gasteiger partial charge in [0.05, 0.1) is 12.3 Å². The van der Waals surface area contributed by atoms with Crippen molar-refractivity contribution in [3.05, 3.63) is 18.3 Å². The number of carbonyl (C=O) groups is 1. The molecule has 2 heterocycles. The first kappa shape index (κ1) is 16.7. The predicted octanol–water partition coefficient (Wildman–Crippen LogP) is 1.50. The Kier molecular flexibility index (Phi) is 5.02. The average molecular weight is 328 g/mol. The molecule has 1 aromatic heterocycles. The molecule has 122 valence electrons. The van der Waals surface area contributed by atoms with Gasteiger partial charge >= 0.3 is 5.97 Å². The van der Waals surface area contributed by atoms with Crippen LogP contribution < -0.4 is 4.74 Å². The van der Waals surface area contributed by atoms with E-state index in [1.54, 1.807) is 0 Å². The Hall–Kier alpha value is -1.67. The van der Waals surface area contributed by atoms with Crippen LogP contribution in [0.5, 0.6) is 5.88 Å². The Labute approximate surface area is 130 Å². The molecule has 1 aliphatic heterocycles. The molecule has 0 aromatic carbocycles. The van der Waals surface area contributed by atoms with Crippen molar-refractivity contribution >= 4 is 16.0 Å². The molecular formula is C14H20N2O5S. The minimum atomic E-state index is -3.87. The number of hydrogen-bond donors (Lipinski definition) is 1. The van der Waals surface area contributed by atoms with Gasteiger partial charge in [0.25, 0.3) is 0 Å². The molecular weight excluding hydrogens is 308 g/mol. The second kappa shape index (κ2) is 6.62. The number of carboxylic acids is 1. The summed E-state index contributed by atoms with van der Waals surface area (Å²) in [4.78, 5) is 15.2. The molecule has 0 bridgehead atoms.